The lowest BCUT2D eigenvalue weighted by atomic mass is 9.75. The van der Waals surface area contributed by atoms with Gasteiger partial charge >= 0.3 is 0 Å². The summed E-state index contributed by atoms with van der Waals surface area (Å²) in [5.41, 5.74) is 9.12. The quantitative estimate of drug-likeness (QED) is 0.769. The first-order valence-corrected chi connectivity index (χ1v) is 7.54. The third-order valence-electron chi connectivity index (χ3n) is 4.81. The number of pyridine rings is 1. The van der Waals surface area contributed by atoms with Gasteiger partial charge in [0.25, 0.3) is 0 Å². The summed E-state index contributed by atoms with van der Waals surface area (Å²) in [6, 6.07) is 4.78. The fourth-order valence-electron chi connectivity index (χ4n) is 3.91. The van der Waals surface area contributed by atoms with Crippen molar-refractivity contribution < 1.29 is 0 Å². The molecule has 3 unspecified atom stereocenters. The number of nitrogens with zero attached hydrogens (tertiary/aromatic N) is 1. The van der Waals surface area contributed by atoms with Crippen molar-refractivity contribution in [2.45, 2.75) is 63.3 Å². The summed E-state index contributed by atoms with van der Waals surface area (Å²) in [7, 11) is 0. The van der Waals surface area contributed by atoms with Crippen LogP contribution in [0.2, 0.25) is 0 Å². The minimum absolute atomic E-state index is 0.423. The van der Waals surface area contributed by atoms with Gasteiger partial charge in [0.05, 0.1) is 0 Å². The molecule has 18 heavy (non-hydrogen) atoms. The lowest BCUT2D eigenvalue weighted by Crippen LogP contribution is -2.26. The van der Waals surface area contributed by atoms with Crippen LogP contribution in [-0.2, 0) is 6.42 Å². The summed E-state index contributed by atoms with van der Waals surface area (Å²) in [5, 5.41) is 0. The molecule has 1 aromatic rings. The third kappa shape index (κ3) is 2.44. The van der Waals surface area contributed by atoms with Crippen LogP contribution >= 0.6 is 0 Å². The van der Waals surface area contributed by atoms with Gasteiger partial charge in [-0.2, -0.15) is 0 Å². The van der Waals surface area contributed by atoms with Crippen molar-refractivity contribution in [3.8, 4) is 0 Å². The molecule has 0 amide bonds. The maximum absolute atomic E-state index is 6.23. The van der Waals surface area contributed by atoms with Crippen LogP contribution in [0.1, 0.15) is 62.1 Å². The van der Waals surface area contributed by atoms with Gasteiger partial charge in [0, 0.05) is 23.9 Å². The van der Waals surface area contributed by atoms with Crippen molar-refractivity contribution in [3.63, 3.8) is 0 Å². The molecule has 0 bridgehead atoms. The fraction of sp³-hybridized carbons (Fsp3) is 0.688. The summed E-state index contributed by atoms with van der Waals surface area (Å²) < 4.78 is 0. The average Bonchev–Trinajstić information content (AvgIpc) is 2.63. The summed E-state index contributed by atoms with van der Waals surface area (Å²) in [6.07, 6.45) is 12.3. The number of hydrogen-bond donors (Lipinski definition) is 1. The molecule has 0 saturated heterocycles. The lowest BCUT2D eigenvalue weighted by Gasteiger charge is -2.31. The Bertz CT molecular complexity index is 402. The molecular weight excluding hydrogens is 220 g/mol. The molecular formula is C16H24N2. The van der Waals surface area contributed by atoms with Gasteiger partial charge in [-0.1, -0.05) is 18.9 Å². The Morgan fingerprint density at radius 1 is 1.11 bits per heavy atom. The maximum Gasteiger partial charge on any atom is 0.0469 e. The van der Waals surface area contributed by atoms with E-state index in [0.29, 0.717) is 12.0 Å². The molecule has 3 rings (SSSR count). The van der Waals surface area contributed by atoms with E-state index in [-0.39, 0.29) is 0 Å². The summed E-state index contributed by atoms with van der Waals surface area (Å²) in [6.45, 7) is 0. The Kier molecular flexibility index (Phi) is 3.64. The summed E-state index contributed by atoms with van der Waals surface area (Å²) in [5.74, 6) is 1.45. The van der Waals surface area contributed by atoms with Crippen molar-refractivity contribution in [3.05, 3.63) is 29.6 Å². The molecule has 1 aromatic heterocycles. The van der Waals surface area contributed by atoms with Crippen molar-refractivity contribution in [2.24, 2.45) is 11.7 Å². The number of hydrogen-bond acceptors (Lipinski definition) is 2. The predicted octanol–water partition coefficient (Wildman–Crippen LogP) is 3.41. The number of nitrogens with two attached hydrogens (primary N) is 1. The SMILES string of the molecule is NC1CCCCC(C2CCCc3cccnc32)C1. The van der Waals surface area contributed by atoms with E-state index in [4.69, 9.17) is 10.7 Å². The maximum atomic E-state index is 6.23. The molecule has 1 fully saturated rings. The second-order valence-corrected chi connectivity index (χ2v) is 6.09. The number of rotatable bonds is 1. The average molecular weight is 244 g/mol. The lowest BCUT2D eigenvalue weighted by molar-refractivity contribution is 0.323. The van der Waals surface area contributed by atoms with Gasteiger partial charge in [0.15, 0.2) is 0 Å². The Labute approximate surface area is 110 Å². The van der Waals surface area contributed by atoms with Crippen LogP contribution in [0.3, 0.4) is 0 Å². The zero-order chi connectivity index (χ0) is 12.4. The molecule has 0 aromatic carbocycles. The van der Waals surface area contributed by atoms with Crippen molar-refractivity contribution >= 4 is 0 Å². The Balaban J connectivity index is 1.84. The molecule has 1 saturated carbocycles. The van der Waals surface area contributed by atoms with Gasteiger partial charge in [0.2, 0.25) is 0 Å². The monoisotopic (exact) mass is 244 g/mol. The highest BCUT2D eigenvalue weighted by Gasteiger charge is 2.30. The van der Waals surface area contributed by atoms with Gasteiger partial charge in [-0.25, -0.2) is 0 Å². The minimum Gasteiger partial charge on any atom is -0.328 e. The van der Waals surface area contributed by atoms with E-state index in [1.807, 2.05) is 6.20 Å². The summed E-state index contributed by atoms with van der Waals surface area (Å²) >= 11 is 0. The largest absolute Gasteiger partial charge is 0.328 e. The second-order valence-electron chi connectivity index (χ2n) is 6.09. The molecule has 2 nitrogen and oxygen atoms in total. The van der Waals surface area contributed by atoms with Crippen LogP contribution in [-0.4, -0.2) is 11.0 Å². The first-order valence-electron chi connectivity index (χ1n) is 7.54. The molecule has 98 valence electrons. The van der Waals surface area contributed by atoms with E-state index in [2.05, 4.69) is 12.1 Å². The van der Waals surface area contributed by atoms with E-state index < -0.39 is 0 Å². The van der Waals surface area contributed by atoms with Crippen molar-refractivity contribution in [1.82, 2.24) is 4.98 Å². The molecule has 0 radical (unpaired) electrons. The third-order valence-corrected chi connectivity index (χ3v) is 4.81. The zero-order valence-electron chi connectivity index (χ0n) is 11.1. The van der Waals surface area contributed by atoms with Crippen LogP contribution in [0.25, 0.3) is 0 Å². The van der Waals surface area contributed by atoms with Gasteiger partial charge in [-0.05, 0) is 56.1 Å². The van der Waals surface area contributed by atoms with E-state index in [1.165, 1.54) is 62.6 Å². The normalized spacial score (nSPS) is 32.6. The van der Waals surface area contributed by atoms with Crippen molar-refractivity contribution in [2.75, 3.05) is 0 Å². The Morgan fingerprint density at radius 2 is 2.00 bits per heavy atom. The van der Waals surface area contributed by atoms with Gasteiger partial charge in [-0.15, -0.1) is 0 Å². The number of aromatic nitrogens is 1. The smallest absolute Gasteiger partial charge is 0.0469 e. The van der Waals surface area contributed by atoms with Crippen LogP contribution in [0, 0.1) is 5.92 Å². The molecule has 3 atom stereocenters. The van der Waals surface area contributed by atoms with Gasteiger partial charge in [0.1, 0.15) is 0 Å². The molecule has 2 N–H and O–H groups in total. The first-order chi connectivity index (χ1) is 8.84. The van der Waals surface area contributed by atoms with E-state index in [1.54, 1.807) is 0 Å². The minimum atomic E-state index is 0.423. The van der Waals surface area contributed by atoms with E-state index in [9.17, 15) is 0 Å². The number of fused-ring (bicyclic) bond motifs is 1. The van der Waals surface area contributed by atoms with Crippen LogP contribution in [0.4, 0.5) is 0 Å². The van der Waals surface area contributed by atoms with Gasteiger partial charge in [-0.3, -0.25) is 4.98 Å². The first kappa shape index (κ1) is 12.2. The predicted molar refractivity (Wildman–Crippen MR) is 74.5 cm³/mol. The highest BCUT2D eigenvalue weighted by Crippen LogP contribution is 2.41. The van der Waals surface area contributed by atoms with Crippen LogP contribution in [0.5, 0.6) is 0 Å². The summed E-state index contributed by atoms with van der Waals surface area (Å²) in [4.78, 5) is 4.69. The van der Waals surface area contributed by atoms with Crippen molar-refractivity contribution in [1.29, 1.82) is 0 Å². The van der Waals surface area contributed by atoms with E-state index in [0.717, 1.165) is 5.92 Å². The highest BCUT2D eigenvalue weighted by molar-refractivity contribution is 5.26. The van der Waals surface area contributed by atoms with E-state index >= 15 is 0 Å². The van der Waals surface area contributed by atoms with Crippen LogP contribution in [0.15, 0.2) is 18.3 Å². The molecule has 2 heteroatoms. The van der Waals surface area contributed by atoms with Gasteiger partial charge < -0.3 is 5.73 Å². The molecule has 1 heterocycles. The standard InChI is InChI=1S/C16H24N2/c17-14-8-2-1-5-13(11-14)15-9-3-6-12-7-4-10-18-16(12)15/h4,7,10,13-15H,1-3,5-6,8-9,11,17H2. The molecule has 2 aliphatic rings. The highest BCUT2D eigenvalue weighted by atomic mass is 14.7. The topological polar surface area (TPSA) is 38.9 Å². The molecule has 0 spiro atoms. The zero-order valence-corrected chi connectivity index (χ0v) is 11.1. The molecule has 2 aliphatic carbocycles. The Hall–Kier alpha value is -0.890. The van der Waals surface area contributed by atoms with Crippen LogP contribution < -0.4 is 5.73 Å². The molecule has 0 aliphatic heterocycles. The number of aryl methyl sites for hydroxylation is 1. The Morgan fingerprint density at radius 3 is 2.94 bits per heavy atom. The second kappa shape index (κ2) is 5.40. The fourth-order valence-corrected chi connectivity index (χ4v) is 3.91.